The molecule has 2 amide bonds. The zero-order valence-electron chi connectivity index (χ0n) is 20.9. The molecule has 0 unspecified atom stereocenters. The third-order valence-corrected chi connectivity index (χ3v) is 8.18. The number of carbonyl (C=O) groups is 3. The molecule has 3 heterocycles. The van der Waals surface area contributed by atoms with Gasteiger partial charge in [0.15, 0.2) is 6.04 Å². The van der Waals surface area contributed by atoms with Crippen molar-refractivity contribution in [2.24, 2.45) is 5.92 Å². The monoisotopic (exact) mass is 508 g/mol. The number of fused-ring (bicyclic) bond motifs is 3. The number of aliphatic hydroxyl groups is 1. The van der Waals surface area contributed by atoms with Crippen molar-refractivity contribution < 1.29 is 29.7 Å². The van der Waals surface area contributed by atoms with Crippen molar-refractivity contribution in [3.8, 4) is 5.75 Å². The first-order valence-corrected chi connectivity index (χ1v) is 12.6. The standard InChI is InChI=1S/C27H32N4O6/c1-4-13(2)19(28-3)24(34)29-20-21(14-9-11-15(32)12-10-14)30-17-8-6-5-7-16(17)18-23(33)22(27(36)37)31(25(18)30)26(20)35/h5-13,18-23,25,28,32-33H,4H2,1-3H3,(H,29,34)(H,36,37)/t13-,18-,19-,20-,21+,22-,23-,25+/m0/s1. The molecule has 2 aromatic carbocycles. The molecule has 10 heteroatoms. The van der Waals surface area contributed by atoms with E-state index in [4.69, 9.17) is 0 Å². The summed E-state index contributed by atoms with van der Waals surface area (Å²) in [7, 11) is 1.69. The van der Waals surface area contributed by atoms with Crippen LogP contribution in [0.3, 0.4) is 0 Å². The Morgan fingerprint density at radius 1 is 1.08 bits per heavy atom. The molecular weight excluding hydrogens is 476 g/mol. The van der Waals surface area contributed by atoms with Crippen LogP contribution in [0.4, 0.5) is 5.69 Å². The Bertz CT molecular complexity index is 1220. The fraction of sp³-hybridized carbons (Fsp3) is 0.444. The van der Waals surface area contributed by atoms with Gasteiger partial charge >= 0.3 is 5.97 Å². The molecule has 0 aliphatic carbocycles. The number of aromatic hydroxyl groups is 1. The molecule has 3 aliphatic rings. The van der Waals surface area contributed by atoms with Gasteiger partial charge in [0.05, 0.1) is 24.1 Å². The summed E-state index contributed by atoms with van der Waals surface area (Å²) < 4.78 is 0. The van der Waals surface area contributed by atoms with Crippen LogP contribution in [0.5, 0.6) is 5.75 Å². The number of aliphatic hydroxyl groups excluding tert-OH is 1. The number of carboxylic acid groups (broad SMARTS) is 1. The third-order valence-electron chi connectivity index (χ3n) is 8.18. The van der Waals surface area contributed by atoms with Gasteiger partial charge in [-0.1, -0.05) is 50.6 Å². The number of nitrogens with zero attached hydrogens (tertiary/aromatic N) is 2. The summed E-state index contributed by atoms with van der Waals surface area (Å²) in [5.41, 5.74) is 2.19. The highest BCUT2D eigenvalue weighted by Crippen LogP contribution is 2.55. The number of hydrogen-bond donors (Lipinski definition) is 5. The molecule has 0 spiro atoms. The average Bonchev–Trinajstić information content (AvgIpc) is 3.37. The summed E-state index contributed by atoms with van der Waals surface area (Å²) in [6.07, 6.45) is -1.32. The molecule has 0 bridgehead atoms. The molecule has 196 valence electrons. The molecule has 0 aromatic heterocycles. The highest BCUT2D eigenvalue weighted by Gasteiger charge is 2.65. The van der Waals surface area contributed by atoms with Crippen molar-refractivity contribution in [1.29, 1.82) is 0 Å². The van der Waals surface area contributed by atoms with Crippen molar-refractivity contribution in [3.63, 3.8) is 0 Å². The van der Waals surface area contributed by atoms with Gasteiger partial charge in [0, 0.05) is 5.69 Å². The van der Waals surface area contributed by atoms with E-state index in [1.54, 1.807) is 19.2 Å². The SMILES string of the molecule is CC[C@H](C)[C@H](NC)C(=O)N[C@@H]1C(=O)N2[C@H](C(=O)O)[C@@H](O)[C@@H]3c4ccccc4N([C@@H]1c1ccc(O)cc1)[C@@H]32. The molecule has 5 rings (SSSR count). The Balaban J connectivity index is 1.67. The second-order valence-electron chi connectivity index (χ2n) is 10.1. The van der Waals surface area contributed by atoms with Crippen LogP contribution in [0.1, 0.15) is 43.4 Å². The summed E-state index contributed by atoms with van der Waals surface area (Å²) in [6, 6.07) is 9.99. The van der Waals surface area contributed by atoms with Gasteiger partial charge in [-0.2, -0.15) is 0 Å². The van der Waals surface area contributed by atoms with E-state index in [0.29, 0.717) is 5.56 Å². The predicted octanol–water partition coefficient (Wildman–Crippen LogP) is 1.15. The Kier molecular flexibility index (Phi) is 6.33. The van der Waals surface area contributed by atoms with E-state index in [9.17, 15) is 29.7 Å². The van der Waals surface area contributed by atoms with Gasteiger partial charge in [-0.15, -0.1) is 0 Å². The van der Waals surface area contributed by atoms with Gasteiger partial charge in [-0.25, -0.2) is 4.79 Å². The molecule has 3 aliphatic heterocycles. The topological polar surface area (TPSA) is 142 Å². The summed E-state index contributed by atoms with van der Waals surface area (Å²) in [5, 5.41) is 37.1. The molecule has 8 atom stereocenters. The summed E-state index contributed by atoms with van der Waals surface area (Å²) in [6.45, 7) is 3.91. The van der Waals surface area contributed by atoms with Crippen LogP contribution in [0.25, 0.3) is 0 Å². The largest absolute Gasteiger partial charge is 0.508 e. The van der Waals surface area contributed by atoms with Crippen LogP contribution >= 0.6 is 0 Å². The Labute approximate surface area is 214 Å². The number of rotatable bonds is 7. The highest BCUT2D eigenvalue weighted by atomic mass is 16.4. The second-order valence-corrected chi connectivity index (χ2v) is 10.1. The molecule has 0 saturated carbocycles. The lowest BCUT2D eigenvalue weighted by Crippen LogP contribution is -2.68. The number of carbonyl (C=O) groups excluding carboxylic acids is 2. The van der Waals surface area contributed by atoms with Gasteiger partial charge in [0.1, 0.15) is 18.0 Å². The zero-order chi connectivity index (χ0) is 26.6. The number of aliphatic carboxylic acids is 1. The maximum atomic E-state index is 14.1. The van der Waals surface area contributed by atoms with E-state index >= 15 is 0 Å². The van der Waals surface area contributed by atoms with E-state index in [1.807, 2.05) is 43.0 Å². The molecule has 37 heavy (non-hydrogen) atoms. The predicted molar refractivity (Wildman–Crippen MR) is 135 cm³/mol. The molecule has 0 radical (unpaired) electrons. The van der Waals surface area contributed by atoms with Crippen LogP contribution in [-0.4, -0.2) is 75.4 Å². The van der Waals surface area contributed by atoms with Crippen LogP contribution in [0, 0.1) is 5.92 Å². The van der Waals surface area contributed by atoms with Crippen molar-refractivity contribution in [2.75, 3.05) is 11.9 Å². The van der Waals surface area contributed by atoms with Crippen LogP contribution < -0.4 is 15.5 Å². The molecular formula is C27H32N4O6. The Morgan fingerprint density at radius 2 is 1.76 bits per heavy atom. The smallest absolute Gasteiger partial charge is 0.329 e. The number of amides is 2. The number of para-hydroxylation sites is 1. The highest BCUT2D eigenvalue weighted by molar-refractivity contribution is 5.96. The number of nitrogens with one attached hydrogen (secondary N) is 2. The van der Waals surface area contributed by atoms with E-state index in [1.165, 1.54) is 17.0 Å². The second kappa shape index (κ2) is 9.35. The number of phenols is 1. The van der Waals surface area contributed by atoms with Crippen LogP contribution in [-0.2, 0) is 14.4 Å². The number of likely N-dealkylation sites (N-methyl/N-ethyl adjacent to an activating group) is 1. The first-order chi connectivity index (χ1) is 17.7. The lowest BCUT2D eigenvalue weighted by atomic mass is 9.91. The fourth-order valence-corrected chi connectivity index (χ4v) is 6.29. The Hall–Kier alpha value is -3.63. The van der Waals surface area contributed by atoms with Crippen molar-refractivity contribution in [3.05, 3.63) is 59.7 Å². The van der Waals surface area contributed by atoms with Gasteiger partial charge in [-0.05, 0) is 42.3 Å². The van der Waals surface area contributed by atoms with Crippen molar-refractivity contribution >= 4 is 23.5 Å². The van der Waals surface area contributed by atoms with Crippen molar-refractivity contribution in [2.45, 2.75) is 62.6 Å². The molecule has 2 fully saturated rings. The maximum absolute atomic E-state index is 14.1. The maximum Gasteiger partial charge on any atom is 0.329 e. The summed E-state index contributed by atoms with van der Waals surface area (Å²) in [5.74, 6) is -2.80. The van der Waals surface area contributed by atoms with Crippen LogP contribution in [0.15, 0.2) is 48.5 Å². The summed E-state index contributed by atoms with van der Waals surface area (Å²) in [4.78, 5) is 43.1. The first kappa shape index (κ1) is 25.0. The first-order valence-electron chi connectivity index (χ1n) is 12.6. The number of benzene rings is 2. The molecule has 10 nitrogen and oxygen atoms in total. The van der Waals surface area contributed by atoms with Gasteiger partial charge in [0.2, 0.25) is 11.8 Å². The zero-order valence-corrected chi connectivity index (χ0v) is 20.9. The minimum absolute atomic E-state index is 0.0131. The minimum Gasteiger partial charge on any atom is -0.508 e. The quantitative estimate of drug-likeness (QED) is 0.375. The third kappa shape index (κ3) is 3.74. The van der Waals surface area contributed by atoms with Gasteiger partial charge in [0.25, 0.3) is 0 Å². The molecule has 2 aromatic rings. The normalized spacial score (nSPS) is 29.5. The van der Waals surface area contributed by atoms with E-state index in [2.05, 4.69) is 10.6 Å². The number of phenolic OH excluding ortho intramolecular Hbond substituents is 1. The van der Waals surface area contributed by atoms with Crippen LogP contribution in [0.2, 0.25) is 0 Å². The summed E-state index contributed by atoms with van der Waals surface area (Å²) >= 11 is 0. The average molecular weight is 509 g/mol. The minimum atomic E-state index is -1.45. The van der Waals surface area contributed by atoms with Gasteiger partial charge in [-0.3, -0.25) is 9.59 Å². The van der Waals surface area contributed by atoms with E-state index in [-0.39, 0.29) is 17.6 Å². The lowest BCUT2D eigenvalue weighted by Gasteiger charge is -2.49. The molecule has 2 saturated heterocycles. The fourth-order valence-electron chi connectivity index (χ4n) is 6.29. The number of anilines is 1. The molecule has 5 N–H and O–H groups in total. The lowest BCUT2D eigenvalue weighted by molar-refractivity contribution is -0.155. The van der Waals surface area contributed by atoms with Crippen molar-refractivity contribution in [1.82, 2.24) is 15.5 Å². The number of carboxylic acids is 1. The van der Waals surface area contributed by atoms with E-state index < -0.39 is 54.2 Å². The Morgan fingerprint density at radius 3 is 2.38 bits per heavy atom. The van der Waals surface area contributed by atoms with E-state index in [0.717, 1.165) is 17.7 Å². The number of hydrogen-bond acceptors (Lipinski definition) is 7. The van der Waals surface area contributed by atoms with Gasteiger partial charge < -0.3 is 35.8 Å².